The molecule has 0 saturated carbocycles. The molecule has 0 amide bonds. The molecule has 5 nitrogen and oxygen atoms in total. The van der Waals surface area contributed by atoms with Gasteiger partial charge in [-0.05, 0) is 48.9 Å². The summed E-state index contributed by atoms with van der Waals surface area (Å²) >= 11 is 5.93. The van der Waals surface area contributed by atoms with Crippen LogP contribution in [0.4, 0.5) is 0 Å². The number of rotatable bonds is 3. The lowest BCUT2D eigenvalue weighted by molar-refractivity contribution is -0.120. The second kappa shape index (κ2) is 4.94. The van der Waals surface area contributed by atoms with E-state index in [0.717, 1.165) is 22.3 Å². The fraction of sp³-hybridized carbons (Fsp3) is 0.0714. The van der Waals surface area contributed by atoms with Crippen LogP contribution in [0, 0.1) is 6.92 Å². The van der Waals surface area contributed by atoms with E-state index in [-0.39, 0.29) is 0 Å². The second-order valence-electron chi connectivity index (χ2n) is 4.29. The molecule has 1 aromatic heterocycles. The Labute approximate surface area is 119 Å². The van der Waals surface area contributed by atoms with Crippen LogP contribution in [0.3, 0.4) is 0 Å². The number of carbonyl (C=O) groups excluding carboxylic acids is 1. The smallest absolute Gasteiger partial charge is 0.298 e. The lowest BCUT2D eigenvalue weighted by atomic mass is 10.2. The highest BCUT2D eigenvalue weighted by molar-refractivity contribution is 6.31. The zero-order valence-corrected chi connectivity index (χ0v) is 11.3. The van der Waals surface area contributed by atoms with Crippen molar-refractivity contribution in [3.05, 3.63) is 47.0 Å². The van der Waals surface area contributed by atoms with Gasteiger partial charge in [0.1, 0.15) is 16.8 Å². The van der Waals surface area contributed by atoms with Gasteiger partial charge in [0.25, 0.3) is 6.47 Å². The van der Waals surface area contributed by atoms with Gasteiger partial charge in [0.2, 0.25) is 0 Å². The number of ether oxygens (including phenoxy) is 1. The number of hydrogen-bond acceptors (Lipinski definition) is 4. The number of carbonyl (C=O) groups is 1. The SMILES string of the molecule is Cc1cc(-n2nc3ccc(Cl)cc3n2)ccc1OC=O. The van der Waals surface area contributed by atoms with Gasteiger partial charge in [-0.25, -0.2) is 0 Å². The van der Waals surface area contributed by atoms with Crippen LogP contribution in [0.1, 0.15) is 5.56 Å². The fourth-order valence-electron chi connectivity index (χ4n) is 1.95. The third-order valence-electron chi connectivity index (χ3n) is 2.91. The Morgan fingerprint density at radius 1 is 1.15 bits per heavy atom. The number of benzene rings is 2. The predicted molar refractivity (Wildman–Crippen MR) is 75.3 cm³/mol. The molecule has 2 aromatic carbocycles. The molecule has 100 valence electrons. The Balaban J connectivity index is 2.06. The maximum atomic E-state index is 10.4. The molecule has 0 atom stereocenters. The minimum absolute atomic E-state index is 0.407. The number of hydrogen-bond donors (Lipinski definition) is 0. The summed E-state index contributed by atoms with van der Waals surface area (Å²) < 4.78 is 4.85. The number of fused-ring (bicyclic) bond motifs is 1. The zero-order chi connectivity index (χ0) is 14.1. The molecule has 0 bridgehead atoms. The third-order valence-corrected chi connectivity index (χ3v) is 3.14. The van der Waals surface area contributed by atoms with Gasteiger partial charge in [0.15, 0.2) is 0 Å². The Morgan fingerprint density at radius 3 is 2.70 bits per heavy atom. The molecule has 3 rings (SSSR count). The molecule has 0 unspecified atom stereocenters. The van der Waals surface area contributed by atoms with E-state index in [4.69, 9.17) is 16.3 Å². The fourth-order valence-corrected chi connectivity index (χ4v) is 2.11. The Kier molecular flexibility index (Phi) is 3.12. The molecule has 0 radical (unpaired) electrons. The minimum atomic E-state index is 0.407. The quantitative estimate of drug-likeness (QED) is 0.695. The van der Waals surface area contributed by atoms with E-state index in [0.29, 0.717) is 17.2 Å². The molecule has 0 saturated heterocycles. The summed E-state index contributed by atoms with van der Waals surface area (Å²) in [6, 6.07) is 10.7. The van der Waals surface area contributed by atoms with Gasteiger partial charge < -0.3 is 4.74 Å². The molecule has 6 heteroatoms. The van der Waals surface area contributed by atoms with Gasteiger partial charge in [-0.2, -0.15) is 4.80 Å². The maximum absolute atomic E-state index is 10.4. The monoisotopic (exact) mass is 287 g/mol. The first-order chi connectivity index (χ1) is 9.67. The first kappa shape index (κ1) is 12.6. The molecule has 0 aliphatic rings. The molecule has 0 fully saturated rings. The minimum Gasteiger partial charge on any atom is -0.428 e. The van der Waals surface area contributed by atoms with Crippen LogP contribution in [0.5, 0.6) is 5.75 Å². The summed E-state index contributed by atoms with van der Waals surface area (Å²) in [4.78, 5) is 11.9. The summed E-state index contributed by atoms with van der Waals surface area (Å²) in [5.41, 5.74) is 3.10. The van der Waals surface area contributed by atoms with Crippen molar-refractivity contribution in [3.8, 4) is 11.4 Å². The van der Waals surface area contributed by atoms with Crippen molar-refractivity contribution in [2.75, 3.05) is 0 Å². The van der Waals surface area contributed by atoms with E-state index >= 15 is 0 Å². The molecule has 0 aliphatic carbocycles. The average Bonchev–Trinajstić information content (AvgIpc) is 2.84. The van der Waals surface area contributed by atoms with E-state index in [2.05, 4.69) is 10.2 Å². The molecule has 0 spiro atoms. The van der Waals surface area contributed by atoms with Crippen molar-refractivity contribution >= 4 is 29.1 Å². The third kappa shape index (κ3) is 2.23. The predicted octanol–water partition coefficient (Wildman–Crippen LogP) is 2.92. The van der Waals surface area contributed by atoms with Crippen molar-refractivity contribution in [2.45, 2.75) is 6.92 Å². The highest BCUT2D eigenvalue weighted by atomic mass is 35.5. The van der Waals surface area contributed by atoms with E-state index < -0.39 is 0 Å². The van der Waals surface area contributed by atoms with Crippen molar-refractivity contribution in [3.63, 3.8) is 0 Å². The van der Waals surface area contributed by atoms with Gasteiger partial charge in [-0.3, -0.25) is 4.79 Å². The van der Waals surface area contributed by atoms with Crippen molar-refractivity contribution in [1.82, 2.24) is 15.0 Å². The van der Waals surface area contributed by atoms with Crippen LogP contribution >= 0.6 is 11.6 Å². The zero-order valence-electron chi connectivity index (χ0n) is 10.6. The molecule has 3 aromatic rings. The van der Waals surface area contributed by atoms with E-state index in [1.54, 1.807) is 24.3 Å². The van der Waals surface area contributed by atoms with E-state index in [1.807, 2.05) is 19.1 Å². The molecule has 0 N–H and O–H groups in total. The lowest BCUT2D eigenvalue weighted by Gasteiger charge is -2.05. The lowest BCUT2D eigenvalue weighted by Crippen LogP contribution is -2.00. The van der Waals surface area contributed by atoms with Crippen LogP contribution in [0.25, 0.3) is 16.7 Å². The first-order valence-corrected chi connectivity index (χ1v) is 6.29. The van der Waals surface area contributed by atoms with Gasteiger partial charge in [0, 0.05) is 5.02 Å². The van der Waals surface area contributed by atoms with Crippen LogP contribution in [0.2, 0.25) is 5.02 Å². The average molecular weight is 288 g/mol. The van der Waals surface area contributed by atoms with E-state index in [1.165, 1.54) is 4.80 Å². The standard InChI is InChI=1S/C14H10ClN3O2/c1-9-6-11(3-5-14(9)20-8-19)18-16-12-4-2-10(15)7-13(12)17-18/h2-8H,1H3. The van der Waals surface area contributed by atoms with Crippen LogP contribution in [-0.2, 0) is 4.79 Å². The summed E-state index contributed by atoms with van der Waals surface area (Å²) in [6.07, 6.45) is 0. The Hall–Kier alpha value is -2.40. The topological polar surface area (TPSA) is 57.0 Å². The van der Waals surface area contributed by atoms with Crippen LogP contribution in [0.15, 0.2) is 36.4 Å². The summed E-state index contributed by atoms with van der Waals surface area (Å²) in [5, 5.41) is 9.37. The van der Waals surface area contributed by atoms with Crippen LogP contribution in [-0.4, -0.2) is 21.5 Å². The molecular weight excluding hydrogens is 278 g/mol. The number of nitrogens with zero attached hydrogens (tertiary/aromatic N) is 3. The largest absolute Gasteiger partial charge is 0.428 e. The Bertz CT molecular complexity index is 798. The number of aromatic nitrogens is 3. The normalized spacial score (nSPS) is 10.7. The van der Waals surface area contributed by atoms with Crippen LogP contribution < -0.4 is 4.74 Å². The summed E-state index contributed by atoms with van der Waals surface area (Å²) in [5.74, 6) is 0.517. The molecule has 0 aliphatic heterocycles. The molecule has 20 heavy (non-hydrogen) atoms. The molecule has 1 heterocycles. The highest BCUT2D eigenvalue weighted by Crippen LogP contribution is 2.22. The van der Waals surface area contributed by atoms with Gasteiger partial charge in [-0.15, -0.1) is 10.2 Å². The number of aryl methyl sites for hydroxylation is 1. The summed E-state index contributed by atoms with van der Waals surface area (Å²) in [7, 11) is 0. The second-order valence-corrected chi connectivity index (χ2v) is 4.72. The van der Waals surface area contributed by atoms with Crippen molar-refractivity contribution < 1.29 is 9.53 Å². The Morgan fingerprint density at radius 2 is 1.95 bits per heavy atom. The van der Waals surface area contributed by atoms with Crippen molar-refractivity contribution in [2.24, 2.45) is 0 Å². The van der Waals surface area contributed by atoms with Gasteiger partial charge in [0.05, 0.1) is 5.69 Å². The maximum Gasteiger partial charge on any atom is 0.298 e. The highest BCUT2D eigenvalue weighted by Gasteiger charge is 2.07. The van der Waals surface area contributed by atoms with Crippen molar-refractivity contribution in [1.29, 1.82) is 0 Å². The summed E-state index contributed by atoms with van der Waals surface area (Å²) in [6.45, 7) is 2.26. The molecular formula is C14H10ClN3O2. The van der Waals surface area contributed by atoms with E-state index in [9.17, 15) is 4.79 Å². The van der Waals surface area contributed by atoms with Gasteiger partial charge >= 0.3 is 0 Å². The number of halogens is 1. The first-order valence-electron chi connectivity index (χ1n) is 5.91. The van der Waals surface area contributed by atoms with Gasteiger partial charge in [-0.1, -0.05) is 11.6 Å².